The SMILES string of the molecule is CCC(C)N(CCC(=O)N1CCCCC1)C(=O)Nc1ccc(C)cc1. The van der Waals surface area contributed by atoms with E-state index in [1.807, 2.05) is 43.0 Å². The molecule has 1 atom stereocenters. The summed E-state index contributed by atoms with van der Waals surface area (Å²) in [4.78, 5) is 28.8. The number of likely N-dealkylation sites (tertiary alicyclic amines) is 1. The van der Waals surface area contributed by atoms with Crippen molar-refractivity contribution in [2.24, 2.45) is 0 Å². The zero-order valence-corrected chi connectivity index (χ0v) is 15.8. The molecule has 2 rings (SSSR count). The van der Waals surface area contributed by atoms with Crippen LogP contribution in [0, 0.1) is 6.92 Å². The predicted octanol–water partition coefficient (Wildman–Crippen LogP) is 4.03. The highest BCUT2D eigenvalue weighted by Crippen LogP contribution is 2.14. The molecule has 5 nitrogen and oxygen atoms in total. The Hall–Kier alpha value is -2.04. The van der Waals surface area contributed by atoms with Crippen molar-refractivity contribution >= 4 is 17.6 Å². The number of carbonyl (C=O) groups is 2. The molecule has 5 heteroatoms. The van der Waals surface area contributed by atoms with Crippen molar-refractivity contribution in [2.75, 3.05) is 25.0 Å². The van der Waals surface area contributed by atoms with Gasteiger partial charge in [0.25, 0.3) is 0 Å². The zero-order chi connectivity index (χ0) is 18.2. The highest BCUT2D eigenvalue weighted by molar-refractivity contribution is 5.90. The summed E-state index contributed by atoms with van der Waals surface area (Å²) in [5, 5.41) is 2.95. The average Bonchev–Trinajstić information content (AvgIpc) is 2.64. The molecule has 1 fully saturated rings. The van der Waals surface area contributed by atoms with E-state index in [9.17, 15) is 9.59 Å². The first-order chi connectivity index (χ1) is 12.0. The van der Waals surface area contributed by atoms with Crippen LogP contribution in [0.4, 0.5) is 10.5 Å². The lowest BCUT2D eigenvalue weighted by Crippen LogP contribution is -2.44. The minimum Gasteiger partial charge on any atom is -0.343 e. The van der Waals surface area contributed by atoms with Gasteiger partial charge in [-0.1, -0.05) is 24.6 Å². The van der Waals surface area contributed by atoms with Crippen LogP contribution in [-0.2, 0) is 4.79 Å². The normalized spacial score (nSPS) is 15.6. The number of hydrogen-bond acceptors (Lipinski definition) is 2. The van der Waals surface area contributed by atoms with Gasteiger partial charge in [0.2, 0.25) is 5.91 Å². The summed E-state index contributed by atoms with van der Waals surface area (Å²) in [5.41, 5.74) is 1.94. The highest BCUT2D eigenvalue weighted by Gasteiger charge is 2.22. The van der Waals surface area contributed by atoms with Gasteiger partial charge in [-0.2, -0.15) is 0 Å². The minimum atomic E-state index is -0.135. The molecule has 138 valence electrons. The van der Waals surface area contributed by atoms with Crippen LogP contribution in [0.15, 0.2) is 24.3 Å². The molecule has 1 unspecified atom stereocenters. The van der Waals surface area contributed by atoms with Crippen molar-refractivity contribution < 1.29 is 9.59 Å². The molecule has 1 aliphatic heterocycles. The number of rotatable bonds is 6. The lowest BCUT2D eigenvalue weighted by atomic mass is 10.1. The molecule has 25 heavy (non-hydrogen) atoms. The quantitative estimate of drug-likeness (QED) is 0.846. The molecule has 1 aromatic rings. The molecule has 1 heterocycles. The van der Waals surface area contributed by atoms with Gasteiger partial charge in [0.1, 0.15) is 0 Å². The third-order valence-corrected chi connectivity index (χ3v) is 4.96. The van der Waals surface area contributed by atoms with Gasteiger partial charge >= 0.3 is 6.03 Å². The minimum absolute atomic E-state index is 0.0969. The average molecular weight is 345 g/mol. The van der Waals surface area contributed by atoms with E-state index in [1.54, 1.807) is 4.90 Å². The predicted molar refractivity (Wildman–Crippen MR) is 102 cm³/mol. The topological polar surface area (TPSA) is 52.7 Å². The fourth-order valence-corrected chi connectivity index (χ4v) is 3.09. The second-order valence-corrected chi connectivity index (χ2v) is 6.94. The number of anilines is 1. The summed E-state index contributed by atoms with van der Waals surface area (Å²) in [7, 11) is 0. The maximum Gasteiger partial charge on any atom is 0.322 e. The molecular formula is C20H31N3O2. The van der Waals surface area contributed by atoms with E-state index in [0.717, 1.165) is 43.6 Å². The zero-order valence-electron chi connectivity index (χ0n) is 15.8. The van der Waals surface area contributed by atoms with Gasteiger partial charge in [-0.3, -0.25) is 4.79 Å². The van der Waals surface area contributed by atoms with E-state index >= 15 is 0 Å². The van der Waals surface area contributed by atoms with Crippen molar-refractivity contribution in [3.8, 4) is 0 Å². The smallest absolute Gasteiger partial charge is 0.322 e. The molecule has 0 radical (unpaired) electrons. The molecule has 0 aliphatic carbocycles. The van der Waals surface area contributed by atoms with E-state index < -0.39 is 0 Å². The van der Waals surface area contributed by atoms with Crippen LogP contribution in [0.3, 0.4) is 0 Å². The van der Waals surface area contributed by atoms with Gasteiger partial charge in [-0.05, 0) is 51.7 Å². The number of hydrogen-bond donors (Lipinski definition) is 1. The van der Waals surface area contributed by atoms with E-state index in [1.165, 1.54) is 6.42 Å². The van der Waals surface area contributed by atoms with Gasteiger partial charge in [0.15, 0.2) is 0 Å². The second-order valence-electron chi connectivity index (χ2n) is 6.94. The number of benzene rings is 1. The summed E-state index contributed by atoms with van der Waals surface area (Å²) < 4.78 is 0. The van der Waals surface area contributed by atoms with Gasteiger partial charge in [-0.15, -0.1) is 0 Å². The molecule has 1 aromatic carbocycles. The summed E-state index contributed by atoms with van der Waals surface area (Å²) in [6, 6.07) is 7.72. The van der Waals surface area contributed by atoms with Crippen LogP contribution in [0.25, 0.3) is 0 Å². The molecule has 3 amide bonds. The van der Waals surface area contributed by atoms with Gasteiger partial charge in [-0.25, -0.2) is 4.79 Å². The molecule has 0 saturated carbocycles. The standard InChI is InChI=1S/C20H31N3O2/c1-4-17(3)23(15-12-19(24)22-13-6-5-7-14-22)20(25)21-18-10-8-16(2)9-11-18/h8-11,17H,4-7,12-15H2,1-3H3,(H,21,25). The Morgan fingerprint density at radius 3 is 2.40 bits per heavy atom. The van der Waals surface area contributed by atoms with Gasteiger partial charge < -0.3 is 15.1 Å². The Morgan fingerprint density at radius 2 is 1.80 bits per heavy atom. The largest absolute Gasteiger partial charge is 0.343 e. The molecule has 0 aromatic heterocycles. The monoisotopic (exact) mass is 345 g/mol. The van der Waals surface area contributed by atoms with Gasteiger partial charge in [0.05, 0.1) is 0 Å². The van der Waals surface area contributed by atoms with Crippen molar-refractivity contribution in [3.63, 3.8) is 0 Å². The maximum absolute atomic E-state index is 12.7. The maximum atomic E-state index is 12.7. The number of nitrogens with zero attached hydrogens (tertiary/aromatic N) is 2. The van der Waals surface area contributed by atoms with Crippen LogP contribution < -0.4 is 5.32 Å². The first kappa shape index (κ1) is 19.3. The van der Waals surface area contributed by atoms with Crippen molar-refractivity contribution in [1.29, 1.82) is 0 Å². The Balaban J connectivity index is 1.93. The molecular weight excluding hydrogens is 314 g/mol. The Labute approximate surface area is 151 Å². The van der Waals surface area contributed by atoms with Gasteiger partial charge in [0, 0.05) is 37.8 Å². The molecule has 1 N–H and O–H groups in total. The van der Waals surface area contributed by atoms with Crippen LogP contribution in [0.1, 0.15) is 51.5 Å². The Kier molecular flexibility index (Phi) is 7.29. The molecule has 0 spiro atoms. The number of amides is 3. The first-order valence-corrected chi connectivity index (χ1v) is 9.43. The van der Waals surface area contributed by atoms with Crippen LogP contribution in [-0.4, -0.2) is 47.4 Å². The van der Waals surface area contributed by atoms with E-state index in [2.05, 4.69) is 12.2 Å². The third-order valence-electron chi connectivity index (χ3n) is 4.96. The number of nitrogens with one attached hydrogen (secondary N) is 1. The van der Waals surface area contributed by atoms with Crippen LogP contribution in [0.5, 0.6) is 0 Å². The van der Waals surface area contributed by atoms with Crippen LogP contribution >= 0.6 is 0 Å². The summed E-state index contributed by atoms with van der Waals surface area (Å²) in [6.07, 6.45) is 4.65. The van der Waals surface area contributed by atoms with Crippen molar-refractivity contribution in [1.82, 2.24) is 9.80 Å². The molecule has 1 aliphatic rings. The summed E-state index contributed by atoms with van der Waals surface area (Å²) >= 11 is 0. The highest BCUT2D eigenvalue weighted by atomic mass is 16.2. The third kappa shape index (κ3) is 5.76. The Morgan fingerprint density at radius 1 is 1.16 bits per heavy atom. The van der Waals surface area contributed by atoms with E-state index in [0.29, 0.717) is 13.0 Å². The summed E-state index contributed by atoms with van der Waals surface area (Å²) in [6.45, 7) is 8.28. The van der Waals surface area contributed by atoms with Crippen LogP contribution in [0.2, 0.25) is 0 Å². The van der Waals surface area contributed by atoms with Crippen molar-refractivity contribution in [2.45, 2.75) is 58.9 Å². The first-order valence-electron chi connectivity index (χ1n) is 9.43. The lowest BCUT2D eigenvalue weighted by molar-refractivity contribution is -0.132. The Bertz CT molecular complexity index is 565. The fraction of sp³-hybridized carbons (Fsp3) is 0.600. The van der Waals surface area contributed by atoms with E-state index in [4.69, 9.17) is 0 Å². The fourth-order valence-electron chi connectivity index (χ4n) is 3.09. The molecule has 1 saturated heterocycles. The molecule has 0 bridgehead atoms. The second kappa shape index (κ2) is 9.44. The number of urea groups is 1. The van der Waals surface area contributed by atoms with Crippen molar-refractivity contribution in [3.05, 3.63) is 29.8 Å². The number of piperidine rings is 1. The number of carbonyl (C=O) groups excluding carboxylic acids is 2. The summed E-state index contributed by atoms with van der Waals surface area (Å²) in [5.74, 6) is 0.163. The van der Waals surface area contributed by atoms with E-state index in [-0.39, 0.29) is 18.0 Å². The number of aryl methyl sites for hydroxylation is 1. The lowest BCUT2D eigenvalue weighted by Gasteiger charge is -2.31.